The van der Waals surface area contributed by atoms with E-state index in [1.807, 2.05) is 19.1 Å². The van der Waals surface area contributed by atoms with Gasteiger partial charge in [0, 0.05) is 6.04 Å². The lowest BCUT2D eigenvalue weighted by molar-refractivity contribution is 0.475. The van der Waals surface area contributed by atoms with Crippen LogP contribution in [0.25, 0.3) is 5.57 Å². The van der Waals surface area contributed by atoms with Gasteiger partial charge in [-0.05, 0) is 42.5 Å². The average molecular weight is 281 g/mol. The van der Waals surface area contributed by atoms with E-state index in [4.69, 9.17) is 0 Å². The molecule has 0 aromatic heterocycles. The van der Waals surface area contributed by atoms with Gasteiger partial charge >= 0.3 is 0 Å². The van der Waals surface area contributed by atoms with Crippen LogP contribution in [-0.2, 0) is 10.0 Å². The molecule has 0 amide bonds. The second kappa shape index (κ2) is 5.75. The molecule has 2 rings (SSSR count). The molecular formula is C14H19NO3S. The van der Waals surface area contributed by atoms with Gasteiger partial charge in [-0.1, -0.05) is 25.1 Å². The van der Waals surface area contributed by atoms with E-state index >= 15 is 0 Å². The number of hydrogen-bond donors (Lipinski definition) is 2. The van der Waals surface area contributed by atoms with Crippen LogP contribution in [0.1, 0.15) is 31.7 Å². The van der Waals surface area contributed by atoms with Gasteiger partial charge in [-0.15, -0.1) is 0 Å². The number of benzene rings is 1. The zero-order valence-electron chi connectivity index (χ0n) is 11.0. The van der Waals surface area contributed by atoms with Crippen LogP contribution in [0.3, 0.4) is 0 Å². The molecule has 19 heavy (non-hydrogen) atoms. The third kappa shape index (κ3) is 3.58. The van der Waals surface area contributed by atoms with Crippen molar-refractivity contribution in [2.75, 3.05) is 5.75 Å². The van der Waals surface area contributed by atoms with E-state index in [1.165, 1.54) is 0 Å². The molecular weight excluding hydrogens is 262 g/mol. The molecule has 0 fully saturated rings. The molecule has 0 heterocycles. The highest BCUT2D eigenvalue weighted by atomic mass is 32.2. The van der Waals surface area contributed by atoms with Crippen molar-refractivity contribution in [2.45, 2.75) is 32.2 Å². The van der Waals surface area contributed by atoms with Gasteiger partial charge in [0.15, 0.2) is 0 Å². The van der Waals surface area contributed by atoms with Crippen molar-refractivity contribution in [3.63, 3.8) is 0 Å². The molecule has 1 aliphatic rings. The predicted octanol–water partition coefficient (Wildman–Crippen LogP) is 2.27. The Morgan fingerprint density at radius 1 is 1.32 bits per heavy atom. The molecule has 0 radical (unpaired) electrons. The molecule has 5 heteroatoms. The SMILES string of the molecule is CCCS(=O)(=O)NC1CCC=C1c1ccc(O)cc1. The van der Waals surface area contributed by atoms with E-state index in [-0.39, 0.29) is 17.5 Å². The van der Waals surface area contributed by atoms with Crippen LogP contribution in [0.4, 0.5) is 0 Å². The van der Waals surface area contributed by atoms with Gasteiger partial charge in [0.25, 0.3) is 0 Å². The van der Waals surface area contributed by atoms with E-state index in [0.717, 1.165) is 24.0 Å². The second-order valence-electron chi connectivity index (χ2n) is 4.77. The Hall–Kier alpha value is -1.33. The van der Waals surface area contributed by atoms with E-state index in [1.54, 1.807) is 12.1 Å². The van der Waals surface area contributed by atoms with Gasteiger partial charge < -0.3 is 5.11 Å². The maximum absolute atomic E-state index is 11.8. The summed E-state index contributed by atoms with van der Waals surface area (Å²) in [7, 11) is -3.20. The first-order chi connectivity index (χ1) is 9.02. The van der Waals surface area contributed by atoms with Crippen LogP contribution in [0, 0.1) is 0 Å². The number of hydrogen-bond acceptors (Lipinski definition) is 3. The minimum absolute atomic E-state index is 0.152. The van der Waals surface area contributed by atoms with Gasteiger partial charge in [-0.25, -0.2) is 13.1 Å². The number of rotatable bonds is 5. The molecule has 1 aromatic rings. The van der Waals surface area contributed by atoms with Gasteiger partial charge in [-0.2, -0.15) is 0 Å². The summed E-state index contributed by atoms with van der Waals surface area (Å²) in [6, 6.07) is 6.71. The normalized spacial score (nSPS) is 19.4. The van der Waals surface area contributed by atoms with E-state index in [9.17, 15) is 13.5 Å². The summed E-state index contributed by atoms with van der Waals surface area (Å²) in [4.78, 5) is 0. The fourth-order valence-corrected chi connectivity index (χ4v) is 3.68. The standard InChI is InChI=1S/C14H19NO3S/c1-2-10-19(17,18)15-14-5-3-4-13(14)11-6-8-12(16)9-7-11/h4,6-9,14-16H,2-3,5,10H2,1H3. The fourth-order valence-electron chi connectivity index (χ4n) is 2.34. The fraction of sp³-hybridized carbons (Fsp3) is 0.429. The number of aromatic hydroxyl groups is 1. The minimum atomic E-state index is -3.20. The zero-order chi connectivity index (χ0) is 13.9. The Labute approximate surface area is 114 Å². The van der Waals surface area contributed by atoms with Crippen molar-refractivity contribution in [3.05, 3.63) is 35.9 Å². The highest BCUT2D eigenvalue weighted by Crippen LogP contribution is 2.29. The summed E-state index contributed by atoms with van der Waals surface area (Å²) in [5, 5.41) is 9.29. The van der Waals surface area contributed by atoms with Crippen molar-refractivity contribution < 1.29 is 13.5 Å². The average Bonchev–Trinajstić information content (AvgIpc) is 2.77. The van der Waals surface area contributed by atoms with Crippen LogP contribution in [0.2, 0.25) is 0 Å². The van der Waals surface area contributed by atoms with Crippen LogP contribution < -0.4 is 4.72 Å². The van der Waals surface area contributed by atoms with E-state index in [2.05, 4.69) is 10.8 Å². The van der Waals surface area contributed by atoms with Crippen molar-refractivity contribution >= 4 is 15.6 Å². The molecule has 0 spiro atoms. The third-order valence-electron chi connectivity index (χ3n) is 3.19. The summed E-state index contributed by atoms with van der Waals surface area (Å²) in [5.74, 6) is 0.372. The van der Waals surface area contributed by atoms with E-state index in [0.29, 0.717) is 6.42 Å². The van der Waals surface area contributed by atoms with Crippen LogP contribution in [-0.4, -0.2) is 25.3 Å². The predicted molar refractivity (Wildman–Crippen MR) is 76.3 cm³/mol. The largest absolute Gasteiger partial charge is 0.508 e. The van der Waals surface area contributed by atoms with Gasteiger partial charge in [0.1, 0.15) is 5.75 Å². The van der Waals surface area contributed by atoms with E-state index < -0.39 is 10.0 Å². The van der Waals surface area contributed by atoms with Crippen LogP contribution in [0.5, 0.6) is 5.75 Å². The Morgan fingerprint density at radius 2 is 2.00 bits per heavy atom. The Bertz CT molecular complexity index is 561. The molecule has 0 bridgehead atoms. The lowest BCUT2D eigenvalue weighted by atomic mass is 10.0. The Kier molecular flexibility index (Phi) is 4.27. The van der Waals surface area contributed by atoms with Gasteiger partial charge in [-0.3, -0.25) is 0 Å². The molecule has 1 aromatic carbocycles. The summed E-state index contributed by atoms with van der Waals surface area (Å²) in [5.41, 5.74) is 1.96. The summed E-state index contributed by atoms with van der Waals surface area (Å²) < 4.78 is 26.4. The molecule has 4 nitrogen and oxygen atoms in total. The van der Waals surface area contributed by atoms with Gasteiger partial charge in [0.2, 0.25) is 10.0 Å². The molecule has 1 unspecified atom stereocenters. The number of phenols is 1. The Balaban J connectivity index is 2.15. The quantitative estimate of drug-likeness (QED) is 0.870. The maximum atomic E-state index is 11.8. The molecule has 0 saturated carbocycles. The minimum Gasteiger partial charge on any atom is -0.508 e. The summed E-state index contributed by atoms with van der Waals surface area (Å²) in [6.07, 6.45) is 4.33. The van der Waals surface area contributed by atoms with Crippen molar-refractivity contribution in [3.8, 4) is 5.75 Å². The highest BCUT2D eigenvalue weighted by Gasteiger charge is 2.24. The van der Waals surface area contributed by atoms with Gasteiger partial charge in [0.05, 0.1) is 5.75 Å². The molecule has 104 valence electrons. The second-order valence-corrected chi connectivity index (χ2v) is 6.65. The first-order valence-corrected chi connectivity index (χ1v) is 8.16. The number of allylic oxidation sites excluding steroid dienone is 1. The summed E-state index contributed by atoms with van der Waals surface area (Å²) >= 11 is 0. The topological polar surface area (TPSA) is 66.4 Å². The monoisotopic (exact) mass is 281 g/mol. The smallest absolute Gasteiger partial charge is 0.212 e. The molecule has 2 N–H and O–H groups in total. The first-order valence-electron chi connectivity index (χ1n) is 6.51. The molecule has 1 aliphatic carbocycles. The van der Waals surface area contributed by atoms with Crippen molar-refractivity contribution in [1.82, 2.24) is 4.72 Å². The van der Waals surface area contributed by atoms with Crippen molar-refractivity contribution in [1.29, 1.82) is 0 Å². The maximum Gasteiger partial charge on any atom is 0.212 e. The number of nitrogens with one attached hydrogen (secondary N) is 1. The Morgan fingerprint density at radius 3 is 2.63 bits per heavy atom. The summed E-state index contributed by atoms with van der Waals surface area (Å²) in [6.45, 7) is 1.85. The molecule has 0 saturated heterocycles. The lowest BCUT2D eigenvalue weighted by Gasteiger charge is -2.17. The van der Waals surface area contributed by atoms with Crippen molar-refractivity contribution in [2.24, 2.45) is 0 Å². The zero-order valence-corrected chi connectivity index (χ0v) is 11.8. The number of phenolic OH excluding ortho intramolecular Hbond substituents is 1. The molecule has 0 aliphatic heterocycles. The van der Waals surface area contributed by atoms with Crippen LogP contribution >= 0.6 is 0 Å². The highest BCUT2D eigenvalue weighted by molar-refractivity contribution is 7.89. The number of sulfonamides is 1. The third-order valence-corrected chi connectivity index (χ3v) is 4.78. The molecule has 1 atom stereocenters. The lowest BCUT2D eigenvalue weighted by Crippen LogP contribution is -2.35. The first kappa shape index (κ1) is 14.1. The van der Waals surface area contributed by atoms with Crippen LogP contribution in [0.15, 0.2) is 30.3 Å².